The average Bonchev–Trinajstić information content (AvgIpc) is 3.12. The first-order valence-electron chi connectivity index (χ1n) is 20.3. The summed E-state index contributed by atoms with van der Waals surface area (Å²) in [7, 11) is 3.60. The third kappa shape index (κ3) is 12.2. The first-order valence-corrected chi connectivity index (χ1v) is 20.3. The highest BCUT2D eigenvalue weighted by Gasteiger charge is 2.47. The van der Waals surface area contributed by atoms with E-state index in [0.29, 0.717) is 19.3 Å². The molecule has 3 fully saturated rings. The Labute approximate surface area is 313 Å². The molecule has 0 amide bonds. The van der Waals surface area contributed by atoms with Gasteiger partial charge in [-0.3, -0.25) is 9.59 Å². The summed E-state index contributed by atoms with van der Waals surface area (Å²) in [6.07, 6.45) is 8.49. The molecule has 12 atom stereocenters. The number of hydrogen-bond donors (Lipinski definition) is 3. The summed E-state index contributed by atoms with van der Waals surface area (Å²) in [5, 5.41) is 34.2. The molecule has 11 heteroatoms. The number of aliphatic hydroxyl groups is 3. The highest BCUT2D eigenvalue weighted by Crippen LogP contribution is 2.35. The fourth-order valence-electron chi connectivity index (χ4n) is 8.83. The Morgan fingerprint density at radius 2 is 1.54 bits per heavy atom. The molecule has 0 bridgehead atoms. The molecule has 4 heterocycles. The number of ketones is 1. The van der Waals surface area contributed by atoms with Crippen LogP contribution in [-0.4, -0.2) is 144 Å². The van der Waals surface area contributed by atoms with Crippen molar-refractivity contribution in [3.05, 3.63) is 23.8 Å². The topological polar surface area (TPSA) is 132 Å². The highest BCUT2D eigenvalue weighted by molar-refractivity contribution is 5.91. The molecule has 3 saturated heterocycles. The largest absolute Gasteiger partial charge is 0.462 e. The summed E-state index contributed by atoms with van der Waals surface area (Å²) in [4.78, 5) is 34.1. The van der Waals surface area contributed by atoms with Gasteiger partial charge in [0, 0.05) is 24.3 Å². The molecular formula is C41H71N3O8. The standard InChI is InChI=1S/C41H71N3O8/c1-8-35-32(26-44-20-13-10-14-21-44)23-27(2)15-16-33(45)28(3)24-31(17-22-43-18-11-9-12-19-43)40(29(4)34(46)25-36(47)51-35)52-41-39(49)37(42(6)7)38(48)30(5)50-41/h15-16,23,28-32,34-35,37-41,46,48-49H,8-14,17-22,24-26H2,1-7H3/b16-15+,27-23+/t28?,29?,30?,31-,32?,34+,35?,37?,38?,39?,40?,41?/m0/s1. The van der Waals surface area contributed by atoms with Crippen LogP contribution in [0.2, 0.25) is 0 Å². The zero-order chi connectivity index (χ0) is 37.9. The van der Waals surface area contributed by atoms with Crippen molar-refractivity contribution in [2.45, 2.75) is 148 Å². The molecule has 3 N–H and O–H groups in total. The lowest BCUT2D eigenvalue weighted by Crippen LogP contribution is -2.63. The van der Waals surface area contributed by atoms with Gasteiger partial charge in [-0.15, -0.1) is 0 Å². The van der Waals surface area contributed by atoms with E-state index in [1.165, 1.54) is 12.8 Å². The Morgan fingerprint density at radius 3 is 2.15 bits per heavy atom. The molecule has 10 unspecified atom stereocenters. The van der Waals surface area contributed by atoms with Crippen LogP contribution in [0.1, 0.15) is 98.8 Å². The molecule has 0 aromatic carbocycles. The Bertz CT molecular complexity index is 1170. The Morgan fingerprint density at radius 1 is 0.904 bits per heavy atom. The van der Waals surface area contributed by atoms with Crippen LogP contribution in [0.4, 0.5) is 0 Å². The second kappa shape index (κ2) is 20.8. The van der Waals surface area contributed by atoms with Gasteiger partial charge in [0.1, 0.15) is 12.2 Å². The number of carbonyl (C=O) groups excluding carboxylic acids is 2. The van der Waals surface area contributed by atoms with E-state index >= 15 is 0 Å². The second-order valence-corrected chi connectivity index (χ2v) is 16.6. The number of esters is 1. The van der Waals surface area contributed by atoms with Crippen molar-refractivity contribution < 1.29 is 39.1 Å². The number of rotatable bonds is 9. The predicted octanol–water partition coefficient (Wildman–Crippen LogP) is 4.18. The summed E-state index contributed by atoms with van der Waals surface area (Å²) in [5.74, 6) is -1.58. The molecule has 52 heavy (non-hydrogen) atoms. The number of ether oxygens (including phenoxy) is 3. The third-order valence-electron chi connectivity index (χ3n) is 12.1. The van der Waals surface area contributed by atoms with Gasteiger partial charge in [0.25, 0.3) is 0 Å². The number of likely N-dealkylation sites (N-methyl/N-ethyl adjacent to an activating group) is 1. The molecule has 0 saturated carbocycles. The first kappa shape index (κ1) is 43.0. The molecule has 298 valence electrons. The van der Waals surface area contributed by atoms with Crippen molar-refractivity contribution in [2.24, 2.45) is 23.7 Å². The van der Waals surface area contributed by atoms with Gasteiger partial charge in [-0.05, 0) is 118 Å². The maximum Gasteiger partial charge on any atom is 0.308 e. The maximum atomic E-state index is 13.8. The predicted molar refractivity (Wildman–Crippen MR) is 203 cm³/mol. The van der Waals surface area contributed by atoms with Crippen LogP contribution in [0.5, 0.6) is 0 Å². The molecule has 0 radical (unpaired) electrons. The summed E-state index contributed by atoms with van der Waals surface area (Å²) < 4.78 is 19.1. The van der Waals surface area contributed by atoms with Crippen LogP contribution in [0.3, 0.4) is 0 Å². The number of nitrogens with zero attached hydrogens (tertiary/aromatic N) is 3. The molecule has 4 aliphatic heterocycles. The lowest BCUT2D eigenvalue weighted by molar-refractivity contribution is -0.304. The Kier molecular flexibility index (Phi) is 17.2. The first-order chi connectivity index (χ1) is 24.8. The molecule has 0 aromatic rings. The van der Waals surface area contributed by atoms with Gasteiger partial charge in [0.2, 0.25) is 0 Å². The summed E-state index contributed by atoms with van der Waals surface area (Å²) in [6, 6.07) is -0.632. The van der Waals surface area contributed by atoms with Gasteiger partial charge in [0.05, 0.1) is 36.9 Å². The quantitative estimate of drug-likeness (QED) is 0.295. The van der Waals surface area contributed by atoms with Crippen LogP contribution in [-0.2, 0) is 23.8 Å². The van der Waals surface area contributed by atoms with E-state index in [2.05, 4.69) is 15.9 Å². The molecule has 0 spiro atoms. The van der Waals surface area contributed by atoms with E-state index < -0.39 is 54.7 Å². The highest BCUT2D eigenvalue weighted by atomic mass is 16.7. The number of allylic oxidation sites excluding steroid dienone is 3. The summed E-state index contributed by atoms with van der Waals surface area (Å²) in [5.41, 5.74) is 0.954. The van der Waals surface area contributed by atoms with Gasteiger partial charge in [-0.25, -0.2) is 0 Å². The van der Waals surface area contributed by atoms with Gasteiger partial charge in [0.15, 0.2) is 12.1 Å². The van der Waals surface area contributed by atoms with Crippen molar-refractivity contribution >= 4 is 11.8 Å². The van der Waals surface area contributed by atoms with E-state index in [1.807, 2.05) is 33.8 Å². The van der Waals surface area contributed by atoms with E-state index in [0.717, 1.165) is 70.5 Å². The number of likely N-dealkylation sites (tertiary alicyclic amines) is 2. The Balaban J connectivity index is 1.68. The third-order valence-corrected chi connectivity index (χ3v) is 12.1. The van der Waals surface area contributed by atoms with Gasteiger partial charge in [-0.2, -0.15) is 0 Å². The van der Waals surface area contributed by atoms with Gasteiger partial charge >= 0.3 is 5.97 Å². The summed E-state index contributed by atoms with van der Waals surface area (Å²) in [6.45, 7) is 15.3. The second-order valence-electron chi connectivity index (χ2n) is 16.6. The van der Waals surface area contributed by atoms with Crippen LogP contribution in [0.25, 0.3) is 0 Å². The molecule has 11 nitrogen and oxygen atoms in total. The van der Waals surface area contributed by atoms with E-state index in [9.17, 15) is 24.9 Å². The van der Waals surface area contributed by atoms with Gasteiger partial charge < -0.3 is 44.2 Å². The lowest BCUT2D eigenvalue weighted by Gasteiger charge is -2.47. The van der Waals surface area contributed by atoms with E-state index in [-0.39, 0.29) is 36.1 Å². The molecule has 4 rings (SSSR count). The van der Waals surface area contributed by atoms with Crippen LogP contribution in [0.15, 0.2) is 23.8 Å². The van der Waals surface area contributed by atoms with Crippen LogP contribution in [0, 0.1) is 23.7 Å². The number of carbonyl (C=O) groups is 2. The SMILES string of the molecule is CCC1OC(=O)C[C@@H](O)C(C)C(OC2OC(C)C(O)C(N(C)C)C2O)[C@@H](CCN2CCCCC2)CC(C)C(=O)/C=C/C(C)=C/C1CN1CCCCC1. The smallest absolute Gasteiger partial charge is 0.308 e. The van der Waals surface area contributed by atoms with Crippen LogP contribution >= 0.6 is 0 Å². The molecule has 0 aromatic heterocycles. The molecular weight excluding hydrogens is 662 g/mol. The van der Waals surface area contributed by atoms with Crippen molar-refractivity contribution in [1.82, 2.24) is 14.7 Å². The monoisotopic (exact) mass is 734 g/mol. The van der Waals surface area contributed by atoms with Crippen molar-refractivity contribution in [3.8, 4) is 0 Å². The molecule has 4 aliphatic rings. The van der Waals surface area contributed by atoms with E-state index in [1.54, 1.807) is 32.0 Å². The fourth-order valence-corrected chi connectivity index (χ4v) is 8.83. The number of piperidine rings is 2. The van der Waals surface area contributed by atoms with Crippen molar-refractivity contribution in [2.75, 3.05) is 53.4 Å². The van der Waals surface area contributed by atoms with Crippen molar-refractivity contribution in [1.29, 1.82) is 0 Å². The average molecular weight is 734 g/mol. The fraction of sp³-hybridized carbons (Fsp3) is 0.854. The molecule has 0 aliphatic carbocycles. The minimum absolute atomic E-state index is 0.0270. The lowest BCUT2D eigenvalue weighted by atomic mass is 9.79. The Hall–Kier alpha value is -1.70. The maximum absolute atomic E-state index is 13.8. The number of cyclic esters (lactones) is 1. The normalized spacial score (nSPS) is 40.2. The zero-order valence-electron chi connectivity index (χ0n) is 33.2. The van der Waals surface area contributed by atoms with Crippen molar-refractivity contribution in [3.63, 3.8) is 0 Å². The van der Waals surface area contributed by atoms with Crippen LogP contribution < -0.4 is 0 Å². The van der Waals surface area contributed by atoms with E-state index in [4.69, 9.17) is 14.2 Å². The minimum atomic E-state index is -1.17. The number of hydrogen-bond acceptors (Lipinski definition) is 11. The number of aliphatic hydroxyl groups excluding tert-OH is 3. The zero-order valence-corrected chi connectivity index (χ0v) is 33.2. The minimum Gasteiger partial charge on any atom is -0.462 e. The van der Waals surface area contributed by atoms with Gasteiger partial charge in [-0.1, -0.05) is 51.3 Å². The summed E-state index contributed by atoms with van der Waals surface area (Å²) >= 11 is 0.